The number of sulfonamides is 1. The van der Waals surface area contributed by atoms with Crippen molar-refractivity contribution in [2.24, 2.45) is 5.92 Å². The molecule has 1 aromatic rings. The fourth-order valence-corrected chi connectivity index (χ4v) is 3.76. The molecule has 22 heavy (non-hydrogen) atoms. The summed E-state index contributed by atoms with van der Waals surface area (Å²) in [6.07, 6.45) is 2.10. The minimum Gasteiger partial charge on any atom is -0.478 e. The number of hydrogen-bond acceptors (Lipinski definition) is 4. The highest BCUT2D eigenvalue weighted by molar-refractivity contribution is 7.89. The highest BCUT2D eigenvalue weighted by Gasteiger charge is 2.31. The van der Waals surface area contributed by atoms with Crippen molar-refractivity contribution in [3.05, 3.63) is 29.3 Å². The fraction of sp³-hybridized carbons (Fsp3) is 0.467. The summed E-state index contributed by atoms with van der Waals surface area (Å²) in [6, 6.07) is 6.06. The van der Waals surface area contributed by atoms with Crippen molar-refractivity contribution < 1.29 is 18.3 Å². The Balaban J connectivity index is 2.35. The molecule has 1 aliphatic rings. The van der Waals surface area contributed by atoms with Crippen LogP contribution in [0.2, 0.25) is 0 Å². The molecule has 2 rings (SSSR count). The standard InChI is InChI=1S/C15H18N2O4S/c1-11-3-6-13(9-14(11)15(18)19)22(20,21)17(8-2-7-16)10-12-4-5-12/h3,6,9,12H,2,4-5,8,10H2,1H3,(H,18,19). The molecule has 6 nitrogen and oxygen atoms in total. The molecule has 1 aliphatic carbocycles. The second kappa shape index (κ2) is 6.46. The largest absolute Gasteiger partial charge is 0.478 e. The summed E-state index contributed by atoms with van der Waals surface area (Å²) < 4.78 is 26.7. The van der Waals surface area contributed by atoms with E-state index in [0.29, 0.717) is 18.0 Å². The maximum atomic E-state index is 12.7. The van der Waals surface area contributed by atoms with E-state index >= 15 is 0 Å². The van der Waals surface area contributed by atoms with Crippen molar-refractivity contribution in [2.45, 2.75) is 31.1 Å². The molecule has 1 aromatic carbocycles. The van der Waals surface area contributed by atoms with Gasteiger partial charge in [0.1, 0.15) is 0 Å². The monoisotopic (exact) mass is 322 g/mol. The molecule has 0 bridgehead atoms. The van der Waals surface area contributed by atoms with Crippen molar-refractivity contribution >= 4 is 16.0 Å². The molecule has 1 fully saturated rings. The van der Waals surface area contributed by atoms with Crippen molar-refractivity contribution in [2.75, 3.05) is 13.1 Å². The average Bonchev–Trinajstić information content (AvgIpc) is 3.27. The summed E-state index contributed by atoms with van der Waals surface area (Å²) in [5, 5.41) is 17.8. The van der Waals surface area contributed by atoms with Gasteiger partial charge in [0.25, 0.3) is 0 Å². The van der Waals surface area contributed by atoms with Gasteiger partial charge in [-0.1, -0.05) is 6.07 Å². The van der Waals surface area contributed by atoms with Gasteiger partial charge in [0.15, 0.2) is 0 Å². The fourth-order valence-electron chi connectivity index (χ4n) is 2.21. The lowest BCUT2D eigenvalue weighted by molar-refractivity contribution is 0.0696. The van der Waals surface area contributed by atoms with Crippen LogP contribution in [0.15, 0.2) is 23.1 Å². The summed E-state index contributed by atoms with van der Waals surface area (Å²) in [5.74, 6) is -0.807. The Morgan fingerprint density at radius 3 is 2.68 bits per heavy atom. The number of rotatable bonds is 7. The van der Waals surface area contributed by atoms with Crippen LogP contribution in [0, 0.1) is 24.2 Å². The van der Waals surface area contributed by atoms with Gasteiger partial charge in [-0.3, -0.25) is 0 Å². The quantitative estimate of drug-likeness (QED) is 0.828. The predicted molar refractivity (Wildman–Crippen MR) is 79.9 cm³/mol. The number of aromatic carboxylic acids is 1. The smallest absolute Gasteiger partial charge is 0.335 e. The van der Waals surface area contributed by atoms with Gasteiger partial charge >= 0.3 is 5.97 Å². The van der Waals surface area contributed by atoms with Gasteiger partial charge in [-0.15, -0.1) is 0 Å². The Morgan fingerprint density at radius 1 is 1.45 bits per heavy atom. The Hall–Kier alpha value is -1.91. The molecule has 0 unspecified atom stereocenters. The van der Waals surface area contributed by atoms with E-state index in [1.54, 1.807) is 6.92 Å². The van der Waals surface area contributed by atoms with Crippen LogP contribution in [-0.2, 0) is 10.0 Å². The molecule has 1 saturated carbocycles. The molecule has 0 heterocycles. The number of nitriles is 1. The molecule has 0 aliphatic heterocycles. The lowest BCUT2D eigenvalue weighted by atomic mass is 10.1. The number of benzene rings is 1. The molecular formula is C15H18N2O4S. The normalized spacial score (nSPS) is 14.8. The maximum Gasteiger partial charge on any atom is 0.335 e. The third-order valence-corrected chi connectivity index (χ3v) is 5.57. The summed E-state index contributed by atoms with van der Waals surface area (Å²) in [4.78, 5) is 11.1. The van der Waals surface area contributed by atoms with E-state index in [1.807, 2.05) is 6.07 Å². The van der Waals surface area contributed by atoms with Crippen LogP contribution in [0.5, 0.6) is 0 Å². The number of aryl methyl sites for hydroxylation is 1. The zero-order valence-electron chi connectivity index (χ0n) is 12.3. The molecule has 0 aromatic heterocycles. The van der Waals surface area contributed by atoms with E-state index in [2.05, 4.69) is 0 Å². The molecule has 7 heteroatoms. The molecule has 0 amide bonds. The summed E-state index contributed by atoms with van der Waals surface area (Å²) in [5.41, 5.74) is 0.491. The molecule has 0 atom stereocenters. The number of carboxylic acids is 1. The van der Waals surface area contributed by atoms with Crippen LogP contribution in [-0.4, -0.2) is 36.9 Å². The Bertz CT molecular complexity index is 718. The van der Waals surface area contributed by atoms with Crippen molar-refractivity contribution in [3.8, 4) is 6.07 Å². The first kappa shape index (κ1) is 16.5. The van der Waals surface area contributed by atoms with Gasteiger partial charge in [0.2, 0.25) is 10.0 Å². The Kier molecular flexibility index (Phi) is 4.84. The third-order valence-electron chi connectivity index (χ3n) is 3.71. The second-order valence-corrected chi connectivity index (χ2v) is 7.43. The molecule has 1 N–H and O–H groups in total. The van der Waals surface area contributed by atoms with Gasteiger partial charge in [0, 0.05) is 19.5 Å². The highest BCUT2D eigenvalue weighted by atomic mass is 32.2. The van der Waals surface area contributed by atoms with Gasteiger partial charge in [-0.05, 0) is 43.4 Å². The topological polar surface area (TPSA) is 98.5 Å². The summed E-state index contributed by atoms with van der Waals surface area (Å²) >= 11 is 0. The van der Waals surface area contributed by atoms with E-state index in [9.17, 15) is 13.2 Å². The zero-order chi connectivity index (χ0) is 16.3. The maximum absolute atomic E-state index is 12.7. The predicted octanol–water partition coefficient (Wildman–Crippen LogP) is 2.01. The van der Waals surface area contributed by atoms with Crippen molar-refractivity contribution in [1.29, 1.82) is 5.26 Å². The van der Waals surface area contributed by atoms with Crippen LogP contribution in [0.1, 0.15) is 35.2 Å². The van der Waals surface area contributed by atoms with E-state index < -0.39 is 16.0 Å². The third kappa shape index (κ3) is 3.64. The van der Waals surface area contributed by atoms with Crippen LogP contribution in [0.25, 0.3) is 0 Å². The lowest BCUT2D eigenvalue weighted by Crippen LogP contribution is -2.34. The Morgan fingerprint density at radius 2 is 2.14 bits per heavy atom. The van der Waals surface area contributed by atoms with Crippen LogP contribution >= 0.6 is 0 Å². The van der Waals surface area contributed by atoms with Crippen LogP contribution < -0.4 is 0 Å². The first-order chi connectivity index (χ1) is 10.4. The minimum absolute atomic E-state index is 0.0206. The number of carboxylic acid groups (broad SMARTS) is 1. The molecular weight excluding hydrogens is 304 g/mol. The zero-order valence-corrected chi connectivity index (χ0v) is 13.1. The molecule has 0 radical (unpaired) electrons. The van der Waals surface area contributed by atoms with Crippen LogP contribution in [0.3, 0.4) is 0 Å². The molecule has 0 spiro atoms. The highest BCUT2D eigenvalue weighted by Crippen LogP contribution is 2.32. The Labute approximate surface area is 130 Å². The van der Waals surface area contributed by atoms with Gasteiger partial charge in [-0.25, -0.2) is 13.2 Å². The van der Waals surface area contributed by atoms with E-state index in [4.69, 9.17) is 10.4 Å². The van der Waals surface area contributed by atoms with Crippen molar-refractivity contribution in [1.82, 2.24) is 4.31 Å². The first-order valence-corrected chi connectivity index (χ1v) is 8.51. The SMILES string of the molecule is Cc1ccc(S(=O)(=O)N(CCC#N)CC2CC2)cc1C(=O)O. The average molecular weight is 322 g/mol. The molecule has 0 saturated heterocycles. The molecule has 118 valence electrons. The number of carbonyl (C=O) groups is 1. The summed E-state index contributed by atoms with van der Waals surface area (Å²) in [6.45, 7) is 2.14. The van der Waals surface area contributed by atoms with Gasteiger partial charge in [-0.2, -0.15) is 9.57 Å². The lowest BCUT2D eigenvalue weighted by Gasteiger charge is -2.21. The number of hydrogen-bond donors (Lipinski definition) is 1. The van der Waals surface area contributed by atoms with E-state index in [1.165, 1.54) is 22.5 Å². The second-order valence-electron chi connectivity index (χ2n) is 5.50. The summed E-state index contributed by atoms with van der Waals surface area (Å²) in [7, 11) is -3.78. The van der Waals surface area contributed by atoms with Crippen molar-refractivity contribution in [3.63, 3.8) is 0 Å². The van der Waals surface area contributed by atoms with Gasteiger partial charge in [0.05, 0.1) is 16.5 Å². The number of nitrogens with zero attached hydrogens (tertiary/aromatic N) is 2. The van der Waals surface area contributed by atoms with Crippen LogP contribution in [0.4, 0.5) is 0 Å². The van der Waals surface area contributed by atoms with E-state index in [-0.39, 0.29) is 23.4 Å². The van der Waals surface area contributed by atoms with Gasteiger partial charge < -0.3 is 5.11 Å². The van der Waals surface area contributed by atoms with E-state index in [0.717, 1.165) is 12.8 Å². The first-order valence-electron chi connectivity index (χ1n) is 7.07. The minimum atomic E-state index is -3.78.